The number of piperazine rings is 1. The van der Waals surface area contributed by atoms with Crippen molar-refractivity contribution in [1.29, 1.82) is 0 Å². The first kappa shape index (κ1) is 29.4. The summed E-state index contributed by atoms with van der Waals surface area (Å²) in [6.45, 7) is 6.53. The summed E-state index contributed by atoms with van der Waals surface area (Å²) in [5, 5.41) is 10.3. The minimum atomic E-state index is -3.46. The molecule has 0 bridgehead atoms. The molecule has 0 radical (unpaired) electrons. The Bertz CT molecular complexity index is 1390. The monoisotopic (exact) mass is 602 g/mol. The molecule has 41 heavy (non-hydrogen) atoms. The molecule has 3 aliphatic rings. The fourth-order valence-corrected chi connectivity index (χ4v) is 6.24. The number of methoxy groups -OCH3 is 1. The Kier molecular flexibility index (Phi) is 9.22. The Morgan fingerprint density at radius 2 is 1.88 bits per heavy atom. The van der Waals surface area contributed by atoms with Crippen molar-refractivity contribution in [2.75, 3.05) is 74.6 Å². The zero-order valence-corrected chi connectivity index (χ0v) is 25.4. The second kappa shape index (κ2) is 12.8. The van der Waals surface area contributed by atoms with Crippen LogP contribution in [0.3, 0.4) is 0 Å². The Morgan fingerprint density at radius 3 is 2.59 bits per heavy atom. The van der Waals surface area contributed by atoms with E-state index in [0.29, 0.717) is 34.2 Å². The second-order valence-electron chi connectivity index (χ2n) is 10.6. The van der Waals surface area contributed by atoms with Crippen LogP contribution in [0.1, 0.15) is 19.3 Å². The Hall–Kier alpha value is -3.06. The minimum absolute atomic E-state index is 0.139. The van der Waals surface area contributed by atoms with Crippen LogP contribution in [-0.2, 0) is 14.8 Å². The van der Waals surface area contributed by atoms with Crippen molar-refractivity contribution in [2.45, 2.75) is 31.3 Å². The predicted molar refractivity (Wildman–Crippen MR) is 164 cm³/mol. The molecule has 0 amide bonds. The fraction of sp³-hybridized carbons (Fsp3) is 0.500. The molecule has 1 atom stereocenters. The van der Waals surface area contributed by atoms with E-state index in [1.807, 2.05) is 6.07 Å². The zero-order chi connectivity index (χ0) is 29.0. The third-order valence-corrected chi connectivity index (χ3v) is 9.44. The van der Waals surface area contributed by atoms with Gasteiger partial charge >= 0.3 is 0 Å². The summed E-state index contributed by atoms with van der Waals surface area (Å²) in [4.78, 5) is 14.1. The lowest BCUT2D eigenvalue weighted by atomic mass is 9.99. The van der Waals surface area contributed by atoms with Crippen LogP contribution in [0.2, 0.25) is 5.02 Å². The van der Waals surface area contributed by atoms with Gasteiger partial charge in [0.25, 0.3) is 0 Å². The molecule has 2 aromatic rings. The highest BCUT2D eigenvalue weighted by atomic mass is 35.5. The molecule has 3 heterocycles. The van der Waals surface area contributed by atoms with E-state index in [1.54, 1.807) is 25.3 Å². The molecule has 1 aromatic carbocycles. The van der Waals surface area contributed by atoms with Crippen LogP contribution in [0.5, 0.6) is 0 Å². The number of para-hydroxylation sites is 2. The average Bonchev–Trinajstić information content (AvgIpc) is 2.99. The molecular formula is C28H39ClN8O3S. The van der Waals surface area contributed by atoms with Crippen molar-refractivity contribution in [3.05, 3.63) is 59.1 Å². The number of anilines is 4. The number of likely N-dealkylation sites (tertiary alicyclic amines) is 1. The lowest BCUT2D eigenvalue weighted by molar-refractivity contribution is 0.112. The van der Waals surface area contributed by atoms with Crippen LogP contribution >= 0.6 is 11.6 Å². The van der Waals surface area contributed by atoms with Crippen LogP contribution in [-0.4, -0.2) is 100.0 Å². The molecule has 0 saturated carbocycles. The van der Waals surface area contributed by atoms with Crippen molar-refractivity contribution in [1.82, 2.24) is 25.1 Å². The lowest BCUT2D eigenvalue weighted by Gasteiger charge is -2.42. The molecule has 2 aliphatic heterocycles. The van der Waals surface area contributed by atoms with Crippen LogP contribution < -0.4 is 20.3 Å². The molecule has 3 N–H and O–H groups in total. The summed E-state index contributed by atoms with van der Waals surface area (Å²) >= 11 is 6.43. The van der Waals surface area contributed by atoms with E-state index in [1.165, 1.54) is 36.1 Å². The van der Waals surface area contributed by atoms with Crippen molar-refractivity contribution >= 4 is 44.8 Å². The maximum absolute atomic E-state index is 12.1. The number of ether oxygens (including phenoxy) is 1. The molecule has 1 unspecified atom stereocenters. The molecule has 13 heteroatoms. The lowest BCUT2D eigenvalue weighted by Crippen LogP contribution is -2.51. The fourth-order valence-electron chi connectivity index (χ4n) is 5.59. The maximum atomic E-state index is 12.1. The van der Waals surface area contributed by atoms with Gasteiger partial charge in [0.2, 0.25) is 16.0 Å². The van der Waals surface area contributed by atoms with E-state index in [0.717, 1.165) is 57.7 Å². The number of nitrogens with one attached hydrogen (secondary N) is 3. The zero-order valence-electron chi connectivity index (χ0n) is 23.8. The highest BCUT2D eigenvalue weighted by Gasteiger charge is 2.28. The SMILES string of the molecule is COC1=CC(N2CCC(N3CCNCC3)CC2)=CCC1Nc1ncc(Cl)c(Nc2ccccc2N(C)S(C)(=O)=O)n1. The highest BCUT2D eigenvalue weighted by Crippen LogP contribution is 2.32. The standard InChI is InChI=1S/C28H39ClN8O3S/c1-35(41(3,38)39)25-7-5-4-6-23(25)32-27-22(29)19-31-28(34-27)33-24-9-8-21(18-26(24)40-2)36-14-10-20(11-15-36)37-16-12-30-13-17-37/h4-8,18-20,24,30H,9-17H2,1-3H3,(H2,31,32,33,34). The van der Waals surface area contributed by atoms with Gasteiger partial charge in [0.15, 0.2) is 5.82 Å². The summed E-state index contributed by atoms with van der Waals surface area (Å²) in [6.07, 6.45) is 10.1. The summed E-state index contributed by atoms with van der Waals surface area (Å²) in [5.74, 6) is 1.56. The van der Waals surface area contributed by atoms with Gasteiger partial charge in [-0.3, -0.25) is 9.21 Å². The topological polar surface area (TPSA) is 115 Å². The normalized spacial score (nSPS) is 20.7. The maximum Gasteiger partial charge on any atom is 0.232 e. The van der Waals surface area contributed by atoms with Gasteiger partial charge in [0.1, 0.15) is 10.8 Å². The number of rotatable bonds is 9. The van der Waals surface area contributed by atoms with Crippen LogP contribution in [0.4, 0.5) is 23.1 Å². The van der Waals surface area contributed by atoms with Gasteiger partial charge in [-0.2, -0.15) is 4.98 Å². The largest absolute Gasteiger partial charge is 0.499 e. The summed E-state index contributed by atoms with van der Waals surface area (Å²) in [6, 6.07) is 7.60. The minimum Gasteiger partial charge on any atom is -0.499 e. The quantitative estimate of drug-likeness (QED) is 0.395. The van der Waals surface area contributed by atoms with E-state index < -0.39 is 10.0 Å². The van der Waals surface area contributed by atoms with E-state index in [4.69, 9.17) is 16.3 Å². The van der Waals surface area contributed by atoms with Crippen LogP contribution in [0, 0.1) is 0 Å². The second-order valence-corrected chi connectivity index (χ2v) is 13.0. The third-order valence-electron chi connectivity index (χ3n) is 7.97. The van der Waals surface area contributed by atoms with E-state index in [2.05, 4.69) is 47.9 Å². The smallest absolute Gasteiger partial charge is 0.232 e. The molecule has 222 valence electrons. The number of benzene rings is 1. The van der Waals surface area contributed by atoms with Gasteiger partial charge in [-0.05, 0) is 31.4 Å². The first-order valence-corrected chi connectivity index (χ1v) is 16.2. The van der Waals surface area contributed by atoms with Gasteiger partial charge in [-0.1, -0.05) is 29.8 Å². The number of nitrogens with zero attached hydrogens (tertiary/aromatic N) is 5. The molecule has 2 saturated heterocycles. The first-order chi connectivity index (χ1) is 19.7. The number of halogens is 1. The van der Waals surface area contributed by atoms with E-state index in [-0.39, 0.29) is 6.04 Å². The Balaban J connectivity index is 1.24. The predicted octanol–water partition coefficient (Wildman–Crippen LogP) is 3.24. The molecule has 0 spiro atoms. The van der Waals surface area contributed by atoms with Gasteiger partial charge < -0.3 is 25.6 Å². The van der Waals surface area contributed by atoms with Crippen molar-refractivity contribution < 1.29 is 13.2 Å². The van der Waals surface area contributed by atoms with Gasteiger partial charge in [0.05, 0.1) is 37.0 Å². The summed E-state index contributed by atoms with van der Waals surface area (Å²) < 4.78 is 31.3. The molecular weight excluding hydrogens is 564 g/mol. The highest BCUT2D eigenvalue weighted by molar-refractivity contribution is 7.92. The number of allylic oxidation sites excluding steroid dienone is 1. The van der Waals surface area contributed by atoms with Gasteiger partial charge in [0, 0.05) is 64.1 Å². The Labute approximate surface area is 247 Å². The average molecular weight is 603 g/mol. The van der Waals surface area contributed by atoms with E-state index >= 15 is 0 Å². The number of hydrogen-bond donors (Lipinski definition) is 3. The number of aromatic nitrogens is 2. The van der Waals surface area contributed by atoms with Crippen molar-refractivity contribution in [3.63, 3.8) is 0 Å². The van der Waals surface area contributed by atoms with Crippen LogP contribution in [0.15, 0.2) is 54.1 Å². The summed E-state index contributed by atoms with van der Waals surface area (Å²) in [5.41, 5.74) is 2.23. The number of sulfonamides is 1. The Morgan fingerprint density at radius 1 is 1.15 bits per heavy atom. The van der Waals surface area contributed by atoms with Crippen molar-refractivity contribution in [2.24, 2.45) is 0 Å². The van der Waals surface area contributed by atoms with Crippen molar-refractivity contribution in [3.8, 4) is 0 Å². The molecule has 5 rings (SSSR count). The first-order valence-electron chi connectivity index (χ1n) is 14.0. The summed E-state index contributed by atoms with van der Waals surface area (Å²) in [7, 11) is -0.268. The third kappa shape index (κ3) is 7.06. The molecule has 1 aliphatic carbocycles. The van der Waals surface area contributed by atoms with E-state index in [9.17, 15) is 8.42 Å². The molecule has 1 aromatic heterocycles. The molecule has 2 fully saturated rings. The number of piperidine rings is 1. The van der Waals surface area contributed by atoms with Gasteiger partial charge in [-0.15, -0.1) is 0 Å². The number of hydrogen-bond acceptors (Lipinski definition) is 10. The molecule has 11 nitrogen and oxygen atoms in total. The van der Waals surface area contributed by atoms with Gasteiger partial charge in [-0.25, -0.2) is 13.4 Å². The van der Waals surface area contributed by atoms with Crippen LogP contribution in [0.25, 0.3) is 0 Å².